The van der Waals surface area contributed by atoms with E-state index in [-0.39, 0.29) is 0 Å². The lowest BCUT2D eigenvalue weighted by Gasteiger charge is -2.15. The normalized spacial score (nSPS) is 15.7. The van der Waals surface area contributed by atoms with E-state index in [1.54, 1.807) is 0 Å². The third-order valence-electron chi connectivity index (χ3n) is 4.96. The maximum absolute atomic E-state index is 2.38. The van der Waals surface area contributed by atoms with Crippen LogP contribution in [0.25, 0.3) is 6.08 Å². The van der Waals surface area contributed by atoms with E-state index >= 15 is 0 Å². The van der Waals surface area contributed by atoms with Crippen molar-refractivity contribution in [2.75, 3.05) is 19.0 Å². The minimum absolute atomic E-state index is 0.628. The molecule has 0 bridgehead atoms. The Balaban J connectivity index is 1.50. The molecule has 0 aliphatic heterocycles. The third-order valence-corrected chi connectivity index (χ3v) is 4.96. The topological polar surface area (TPSA) is 3.24 Å². The predicted octanol–water partition coefficient (Wildman–Crippen LogP) is 5.58. The average Bonchev–Trinajstić information content (AvgIpc) is 2.96. The molecule has 1 aliphatic rings. The van der Waals surface area contributed by atoms with Gasteiger partial charge in [0, 0.05) is 25.7 Å². The molecule has 1 heteroatoms. The molecule has 0 heterocycles. The molecule has 0 saturated carbocycles. The first-order chi connectivity index (χ1) is 11.1. The van der Waals surface area contributed by atoms with Crippen molar-refractivity contribution < 1.29 is 0 Å². The Morgan fingerprint density at radius 2 is 1.83 bits per heavy atom. The molecule has 0 aromatic heterocycles. The van der Waals surface area contributed by atoms with Crippen LogP contribution in [0.2, 0.25) is 0 Å². The Labute approximate surface area is 140 Å². The Morgan fingerprint density at radius 3 is 2.61 bits per heavy atom. The highest BCUT2D eigenvalue weighted by Crippen LogP contribution is 2.33. The first-order valence-corrected chi connectivity index (χ1v) is 8.69. The van der Waals surface area contributed by atoms with Gasteiger partial charge < -0.3 is 4.90 Å². The van der Waals surface area contributed by atoms with Gasteiger partial charge in [0.25, 0.3) is 0 Å². The maximum atomic E-state index is 2.38. The van der Waals surface area contributed by atoms with Crippen molar-refractivity contribution in [1.82, 2.24) is 0 Å². The largest absolute Gasteiger partial charge is 0.378 e. The van der Waals surface area contributed by atoms with Crippen LogP contribution in [-0.2, 0) is 6.42 Å². The SMILES string of the molecule is Cc1cc(N(C)C)ccc1CCCCC1C=Cc2ccccc21. The zero-order chi connectivity index (χ0) is 16.2. The van der Waals surface area contributed by atoms with Crippen LogP contribution in [0.15, 0.2) is 48.5 Å². The number of fused-ring (bicyclic) bond motifs is 1. The summed E-state index contributed by atoms with van der Waals surface area (Å²) in [6.07, 6.45) is 9.68. The number of rotatable bonds is 6. The highest BCUT2D eigenvalue weighted by molar-refractivity contribution is 5.62. The van der Waals surface area contributed by atoms with Crippen molar-refractivity contribution in [3.05, 3.63) is 70.8 Å². The third kappa shape index (κ3) is 3.67. The first kappa shape index (κ1) is 15.9. The molecule has 0 N–H and O–H groups in total. The Bertz CT molecular complexity index is 697. The molecule has 0 amide bonds. The van der Waals surface area contributed by atoms with E-state index in [0.717, 1.165) is 0 Å². The van der Waals surface area contributed by atoms with Gasteiger partial charge >= 0.3 is 0 Å². The Morgan fingerprint density at radius 1 is 1.00 bits per heavy atom. The van der Waals surface area contributed by atoms with Crippen LogP contribution in [0.3, 0.4) is 0 Å². The maximum Gasteiger partial charge on any atom is 0.0363 e. The van der Waals surface area contributed by atoms with Crippen molar-refractivity contribution in [3.63, 3.8) is 0 Å². The van der Waals surface area contributed by atoms with Gasteiger partial charge in [0.1, 0.15) is 0 Å². The molecule has 1 unspecified atom stereocenters. The summed E-state index contributed by atoms with van der Waals surface area (Å²) in [5, 5.41) is 0. The Hall–Kier alpha value is -2.02. The fourth-order valence-electron chi connectivity index (χ4n) is 3.49. The first-order valence-electron chi connectivity index (χ1n) is 8.69. The summed E-state index contributed by atoms with van der Waals surface area (Å²) in [5.41, 5.74) is 7.13. The summed E-state index contributed by atoms with van der Waals surface area (Å²) in [6, 6.07) is 15.6. The second-order valence-electron chi connectivity index (χ2n) is 6.85. The quantitative estimate of drug-likeness (QED) is 0.629. The second kappa shape index (κ2) is 7.04. The molecule has 2 aromatic carbocycles. The van der Waals surface area contributed by atoms with Gasteiger partial charge in [0.2, 0.25) is 0 Å². The number of allylic oxidation sites excluding steroid dienone is 1. The van der Waals surface area contributed by atoms with E-state index < -0.39 is 0 Å². The standard InChI is InChI=1S/C22H27N/c1-17-16-21(23(2)3)15-14-18(17)8-4-5-9-19-12-13-20-10-6-7-11-22(19)20/h6-7,10-16,19H,4-5,8-9H2,1-3H3. The fraction of sp³-hybridized carbons (Fsp3) is 0.364. The summed E-state index contributed by atoms with van der Waals surface area (Å²) in [6.45, 7) is 2.23. The van der Waals surface area contributed by atoms with Crippen LogP contribution in [0.1, 0.15) is 47.4 Å². The van der Waals surface area contributed by atoms with Gasteiger partial charge in [0.15, 0.2) is 0 Å². The Kier molecular flexibility index (Phi) is 4.85. The molecular formula is C22H27N. The smallest absolute Gasteiger partial charge is 0.0363 e. The van der Waals surface area contributed by atoms with Crippen LogP contribution in [0.4, 0.5) is 5.69 Å². The molecule has 23 heavy (non-hydrogen) atoms. The molecule has 120 valence electrons. The summed E-state index contributed by atoms with van der Waals surface area (Å²) >= 11 is 0. The lowest BCUT2D eigenvalue weighted by molar-refractivity contribution is 0.640. The lowest BCUT2D eigenvalue weighted by atomic mass is 9.94. The zero-order valence-electron chi connectivity index (χ0n) is 14.5. The molecule has 0 radical (unpaired) electrons. The second-order valence-corrected chi connectivity index (χ2v) is 6.85. The van der Waals surface area contributed by atoms with Crippen molar-refractivity contribution in [2.45, 2.75) is 38.5 Å². The number of nitrogens with zero attached hydrogens (tertiary/aromatic N) is 1. The summed E-state index contributed by atoms with van der Waals surface area (Å²) in [7, 11) is 4.20. The van der Waals surface area contributed by atoms with Crippen LogP contribution in [0, 0.1) is 6.92 Å². The van der Waals surface area contributed by atoms with E-state index in [0.29, 0.717) is 5.92 Å². The van der Waals surface area contributed by atoms with Crippen molar-refractivity contribution in [2.24, 2.45) is 0 Å². The molecular weight excluding hydrogens is 278 g/mol. The van der Waals surface area contributed by atoms with Crippen molar-refractivity contribution in [3.8, 4) is 0 Å². The lowest BCUT2D eigenvalue weighted by Crippen LogP contribution is -2.09. The fourth-order valence-corrected chi connectivity index (χ4v) is 3.49. The molecule has 0 spiro atoms. The number of hydrogen-bond donors (Lipinski definition) is 0. The van der Waals surface area contributed by atoms with Crippen LogP contribution in [0.5, 0.6) is 0 Å². The number of benzene rings is 2. The van der Waals surface area contributed by atoms with Crippen molar-refractivity contribution in [1.29, 1.82) is 0 Å². The number of anilines is 1. The van der Waals surface area contributed by atoms with Gasteiger partial charge in [-0.3, -0.25) is 0 Å². The monoisotopic (exact) mass is 305 g/mol. The van der Waals surface area contributed by atoms with E-state index in [4.69, 9.17) is 0 Å². The highest BCUT2D eigenvalue weighted by atomic mass is 15.1. The molecule has 1 atom stereocenters. The number of hydrogen-bond acceptors (Lipinski definition) is 1. The van der Waals surface area contributed by atoms with Crippen LogP contribution in [-0.4, -0.2) is 14.1 Å². The van der Waals surface area contributed by atoms with Gasteiger partial charge in [-0.2, -0.15) is 0 Å². The highest BCUT2D eigenvalue weighted by Gasteiger charge is 2.15. The minimum Gasteiger partial charge on any atom is -0.378 e. The number of unbranched alkanes of at least 4 members (excludes halogenated alkanes) is 1. The minimum atomic E-state index is 0.628. The average molecular weight is 305 g/mol. The van der Waals surface area contributed by atoms with Gasteiger partial charge in [0.05, 0.1) is 0 Å². The van der Waals surface area contributed by atoms with Gasteiger partial charge in [-0.15, -0.1) is 0 Å². The zero-order valence-corrected chi connectivity index (χ0v) is 14.5. The molecule has 3 rings (SSSR count). The van der Waals surface area contributed by atoms with Gasteiger partial charge in [-0.05, 0) is 60.6 Å². The molecule has 2 aromatic rings. The van der Waals surface area contributed by atoms with Crippen molar-refractivity contribution >= 4 is 11.8 Å². The van der Waals surface area contributed by atoms with Gasteiger partial charge in [-0.25, -0.2) is 0 Å². The summed E-state index contributed by atoms with van der Waals surface area (Å²) in [4.78, 5) is 2.17. The van der Waals surface area contributed by atoms with E-state index in [1.807, 2.05) is 0 Å². The number of aryl methyl sites for hydroxylation is 2. The van der Waals surface area contributed by atoms with Crippen LogP contribution >= 0.6 is 0 Å². The van der Waals surface area contributed by atoms with Crippen LogP contribution < -0.4 is 4.90 Å². The van der Waals surface area contributed by atoms with E-state index in [2.05, 4.69) is 80.5 Å². The molecule has 0 fully saturated rings. The van der Waals surface area contributed by atoms with Gasteiger partial charge in [-0.1, -0.05) is 48.9 Å². The molecule has 1 aliphatic carbocycles. The molecule has 1 nitrogen and oxygen atoms in total. The predicted molar refractivity (Wildman–Crippen MR) is 101 cm³/mol. The summed E-state index contributed by atoms with van der Waals surface area (Å²) < 4.78 is 0. The summed E-state index contributed by atoms with van der Waals surface area (Å²) in [5.74, 6) is 0.628. The van der Waals surface area contributed by atoms with E-state index in [1.165, 1.54) is 53.6 Å². The van der Waals surface area contributed by atoms with E-state index in [9.17, 15) is 0 Å². The molecule has 0 saturated heterocycles.